The Balaban J connectivity index is 2.29. The van der Waals surface area contributed by atoms with E-state index in [0.29, 0.717) is 13.0 Å². The molecule has 268 valence electrons. The molecule has 0 aromatic heterocycles. The maximum Gasteiger partial charge on any atom is 0.306 e. The fraction of sp³-hybridized carbons (Fsp3) is 0.811. The van der Waals surface area contributed by atoms with Crippen LogP contribution in [0.15, 0.2) is 36.5 Å². The molecule has 1 rings (SSSR count). The van der Waals surface area contributed by atoms with Crippen LogP contribution < -0.4 is 0 Å². The van der Waals surface area contributed by atoms with E-state index in [1.54, 1.807) is 0 Å². The Bertz CT molecular complexity index is 798. The van der Waals surface area contributed by atoms with Crippen molar-refractivity contribution in [3.05, 3.63) is 36.5 Å². The number of carbonyl (C=O) groups is 1. The van der Waals surface area contributed by atoms with E-state index in [-0.39, 0.29) is 19.2 Å². The quantitative estimate of drug-likeness (QED) is 0.0407. The van der Waals surface area contributed by atoms with Crippen molar-refractivity contribution in [3.8, 4) is 0 Å². The van der Waals surface area contributed by atoms with Crippen LogP contribution in [0.25, 0.3) is 0 Å². The number of esters is 1. The highest BCUT2D eigenvalue weighted by Gasteiger charge is 2.44. The van der Waals surface area contributed by atoms with Gasteiger partial charge in [0.05, 0.1) is 19.8 Å². The molecule has 6 atom stereocenters. The molecular formula is C37H66O9. The van der Waals surface area contributed by atoms with Gasteiger partial charge < -0.3 is 39.4 Å². The van der Waals surface area contributed by atoms with E-state index in [9.17, 15) is 25.2 Å². The fourth-order valence-corrected chi connectivity index (χ4v) is 5.21. The maximum absolute atomic E-state index is 12.6. The predicted molar refractivity (Wildman–Crippen MR) is 182 cm³/mol. The van der Waals surface area contributed by atoms with E-state index in [1.807, 2.05) is 0 Å². The summed E-state index contributed by atoms with van der Waals surface area (Å²) in [6, 6.07) is 0. The average Bonchev–Trinajstić information content (AvgIpc) is 3.05. The summed E-state index contributed by atoms with van der Waals surface area (Å²) in [5, 5.41) is 39.8. The highest BCUT2D eigenvalue weighted by Crippen LogP contribution is 2.22. The van der Waals surface area contributed by atoms with Gasteiger partial charge in [-0.2, -0.15) is 0 Å². The van der Waals surface area contributed by atoms with Gasteiger partial charge in [0, 0.05) is 13.0 Å². The molecule has 1 fully saturated rings. The minimum atomic E-state index is -1.53. The van der Waals surface area contributed by atoms with Gasteiger partial charge in [-0.15, -0.1) is 0 Å². The lowest BCUT2D eigenvalue weighted by Crippen LogP contribution is -2.59. The van der Waals surface area contributed by atoms with Crippen molar-refractivity contribution in [2.24, 2.45) is 0 Å². The molecule has 6 unspecified atom stereocenters. The Morgan fingerprint density at radius 1 is 0.717 bits per heavy atom. The molecular weight excluding hydrogens is 588 g/mol. The second-order valence-corrected chi connectivity index (χ2v) is 12.3. The molecule has 1 aliphatic rings. The van der Waals surface area contributed by atoms with Crippen molar-refractivity contribution in [1.29, 1.82) is 0 Å². The van der Waals surface area contributed by atoms with Gasteiger partial charge in [-0.05, 0) is 44.9 Å². The second kappa shape index (κ2) is 29.5. The Kier molecular flexibility index (Phi) is 27.3. The van der Waals surface area contributed by atoms with Gasteiger partial charge in [0.1, 0.15) is 30.5 Å². The van der Waals surface area contributed by atoms with Crippen molar-refractivity contribution in [3.63, 3.8) is 0 Å². The molecule has 0 amide bonds. The lowest BCUT2D eigenvalue weighted by atomic mass is 9.99. The predicted octanol–water partition coefficient (Wildman–Crippen LogP) is 6.46. The number of allylic oxidation sites excluding steroid dienone is 6. The molecule has 0 aliphatic carbocycles. The lowest BCUT2D eigenvalue weighted by molar-refractivity contribution is -0.305. The average molecular weight is 655 g/mol. The number of aliphatic hydroxyl groups excluding tert-OH is 4. The van der Waals surface area contributed by atoms with Gasteiger partial charge in [0.15, 0.2) is 6.29 Å². The summed E-state index contributed by atoms with van der Waals surface area (Å²) in [6.45, 7) is 4.36. The van der Waals surface area contributed by atoms with Crippen molar-refractivity contribution < 1.29 is 44.2 Å². The van der Waals surface area contributed by atoms with E-state index in [1.165, 1.54) is 44.9 Å². The molecule has 9 heteroatoms. The molecule has 1 heterocycles. The zero-order valence-electron chi connectivity index (χ0n) is 28.8. The van der Waals surface area contributed by atoms with Gasteiger partial charge in [-0.1, -0.05) is 115 Å². The number of unbranched alkanes of at least 4 members (excludes halogenated alkanes) is 12. The highest BCUT2D eigenvalue weighted by molar-refractivity contribution is 5.69. The summed E-state index contributed by atoms with van der Waals surface area (Å²) >= 11 is 0. The molecule has 1 aliphatic heterocycles. The van der Waals surface area contributed by atoms with Crippen LogP contribution in [0.2, 0.25) is 0 Å². The maximum atomic E-state index is 12.6. The van der Waals surface area contributed by atoms with E-state index in [2.05, 4.69) is 50.3 Å². The largest absolute Gasteiger partial charge is 0.457 e. The Labute approximate surface area is 279 Å². The molecule has 9 nitrogen and oxygen atoms in total. The number of hydrogen-bond donors (Lipinski definition) is 4. The van der Waals surface area contributed by atoms with Crippen LogP contribution in [0.1, 0.15) is 129 Å². The van der Waals surface area contributed by atoms with Gasteiger partial charge in [-0.3, -0.25) is 4.79 Å². The Hall–Kier alpha value is -1.59. The van der Waals surface area contributed by atoms with Crippen molar-refractivity contribution in [2.75, 3.05) is 26.4 Å². The van der Waals surface area contributed by atoms with Gasteiger partial charge >= 0.3 is 5.97 Å². The zero-order valence-corrected chi connectivity index (χ0v) is 28.8. The molecule has 1 saturated heterocycles. The number of aliphatic hydroxyl groups is 4. The minimum absolute atomic E-state index is 0.118. The van der Waals surface area contributed by atoms with Crippen LogP contribution in [0.4, 0.5) is 0 Å². The number of carbonyl (C=O) groups excluding carboxylic acids is 1. The van der Waals surface area contributed by atoms with Crippen molar-refractivity contribution in [1.82, 2.24) is 0 Å². The van der Waals surface area contributed by atoms with E-state index in [0.717, 1.165) is 64.2 Å². The smallest absolute Gasteiger partial charge is 0.306 e. The number of ether oxygens (including phenoxy) is 4. The first-order valence-corrected chi connectivity index (χ1v) is 18.1. The SMILES string of the molecule is CC/C=C\C/C=C\C/C=C\CCCCCCCCCC(=O)OC(COCCCCCCCC)COC1OC(CO)C(O)C(O)C1O. The third-order valence-corrected chi connectivity index (χ3v) is 8.07. The molecule has 4 N–H and O–H groups in total. The molecule has 0 bridgehead atoms. The van der Waals surface area contributed by atoms with Crippen LogP contribution in [-0.4, -0.2) is 89.6 Å². The third kappa shape index (κ3) is 21.3. The second-order valence-electron chi connectivity index (χ2n) is 12.3. The Morgan fingerprint density at radius 3 is 2.00 bits per heavy atom. The molecule has 46 heavy (non-hydrogen) atoms. The standard InChI is InChI=1S/C37H66O9/c1-3-5-7-9-11-12-13-14-15-16-17-18-19-20-21-22-24-26-33(39)45-31(29-43-27-25-23-10-8-6-4-2)30-44-37-36(42)35(41)34(40)32(28-38)46-37/h5,7,11-12,14-15,31-32,34-38,40-42H,3-4,6,8-10,13,16-30H2,1-2H3/b7-5-,12-11-,15-14-. The van der Waals surface area contributed by atoms with E-state index < -0.39 is 43.4 Å². The van der Waals surface area contributed by atoms with Crippen LogP contribution in [0.5, 0.6) is 0 Å². The van der Waals surface area contributed by atoms with Gasteiger partial charge in [-0.25, -0.2) is 0 Å². The van der Waals surface area contributed by atoms with Gasteiger partial charge in [0.25, 0.3) is 0 Å². The molecule has 0 aromatic rings. The van der Waals surface area contributed by atoms with Crippen LogP contribution in [-0.2, 0) is 23.7 Å². The van der Waals surface area contributed by atoms with Crippen LogP contribution in [0, 0.1) is 0 Å². The Morgan fingerprint density at radius 2 is 1.33 bits per heavy atom. The van der Waals surface area contributed by atoms with E-state index in [4.69, 9.17) is 18.9 Å². The summed E-state index contributed by atoms with van der Waals surface area (Å²) in [6.07, 6.45) is 24.7. The van der Waals surface area contributed by atoms with E-state index >= 15 is 0 Å². The van der Waals surface area contributed by atoms with Gasteiger partial charge in [0.2, 0.25) is 0 Å². The van der Waals surface area contributed by atoms with Crippen LogP contribution >= 0.6 is 0 Å². The van der Waals surface area contributed by atoms with Crippen LogP contribution in [0.3, 0.4) is 0 Å². The summed E-state index contributed by atoms with van der Waals surface area (Å²) in [4.78, 5) is 12.6. The lowest BCUT2D eigenvalue weighted by Gasteiger charge is -2.39. The summed E-state index contributed by atoms with van der Waals surface area (Å²) in [5.41, 5.74) is 0. The number of rotatable bonds is 29. The summed E-state index contributed by atoms with van der Waals surface area (Å²) in [7, 11) is 0. The molecule has 0 radical (unpaired) electrons. The molecule has 0 saturated carbocycles. The van der Waals surface area contributed by atoms with Crippen molar-refractivity contribution in [2.45, 2.75) is 166 Å². The normalized spacial score (nSPS) is 22.8. The first-order chi connectivity index (χ1) is 22.4. The first kappa shape index (κ1) is 42.4. The molecule has 0 aromatic carbocycles. The third-order valence-electron chi connectivity index (χ3n) is 8.07. The zero-order chi connectivity index (χ0) is 33.7. The first-order valence-electron chi connectivity index (χ1n) is 18.1. The minimum Gasteiger partial charge on any atom is -0.457 e. The summed E-state index contributed by atoms with van der Waals surface area (Å²) < 4.78 is 22.5. The fourth-order valence-electron chi connectivity index (χ4n) is 5.21. The van der Waals surface area contributed by atoms with Crippen molar-refractivity contribution >= 4 is 5.97 Å². The highest BCUT2D eigenvalue weighted by atomic mass is 16.7. The monoisotopic (exact) mass is 654 g/mol. The topological polar surface area (TPSA) is 135 Å². The summed E-state index contributed by atoms with van der Waals surface area (Å²) in [5.74, 6) is -0.329. The molecule has 0 spiro atoms. The number of hydrogen-bond acceptors (Lipinski definition) is 9.